The second-order valence-electron chi connectivity index (χ2n) is 7.38. The normalized spacial score (nSPS) is 18.3. The minimum Gasteiger partial charge on any atom is -0.378 e. The molecule has 2 aromatic heterocycles. The van der Waals surface area contributed by atoms with Gasteiger partial charge in [-0.05, 0) is 37.1 Å². The first-order valence-corrected chi connectivity index (χ1v) is 12.5. The van der Waals surface area contributed by atoms with Crippen molar-refractivity contribution in [2.75, 3.05) is 49.6 Å². The highest BCUT2D eigenvalue weighted by atomic mass is 32.2. The molecule has 0 saturated carbocycles. The van der Waals surface area contributed by atoms with Crippen molar-refractivity contribution in [3.05, 3.63) is 35.3 Å². The van der Waals surface area contributed by atoms with Gasteiger partial charge < -0.3 is 15.0 Å². The van der Waals surface area contributed by atoms with E-state index in [-0.39, 0.29) is 12.3 Å². The fourth-order valence-electron chi connectivity index (χ4n) is 3.70. The number of thiophene rings is 1. The van der Waals surface area contributed by atoms with Crippen molar-refractivity contribution in [3.8, 4) is 0 Å². The van der Waals surface area contributed by atoms with E-state index in [4.69, 9.17) is 4.74 Å². The number of anilines is 2. The Morgan fingerprint density at radius 1 is 1.10 bits per heavy atom. The molecule has 4 rings (SSSR count). The number of piperidine rings is 1. The van der Waals surface area contributed by atoms with Crippen LogP contribution in [0, 0.1) is 0 Å². The van der Waals surface area contributed by atoms with Gasteiger partial charge in [-0.25, -0.2) is 13.4 Å². The summed E-state index contributed by atoms with van der Waals surface area (Å²) in [5, 5.41) is 2.93. The van der Waals surface area contributed by atoms with E-state index >= 15 is 0 Å². The monoisotopic (exact) mass is 450 g/mol. The molecule has 30 heavy (non-hydrogen) atoms. The van der Waals surface area contributed by atoms with Gasteiger partial charge in [0.15, 0.2) is 5.82 Å². The van der Waals surface area contributed by atoms with E-state index in [0.717, 1.165) is 43.0 Å². The molecule has 4 heterocycles. The predicted octanol–water partition coefficient (Wildman–Crippen LogP) is 2.34. The van der Waals surface area contributed by atoms with Crippen LogP contribution in [0.25, 0.3) is 0 Å². The molecule has 0 spiro atoms. The highest BCUT2D eigenvalue weighted by Gasteiger charge is 2.27. The van der Waals surface area contributed by atoms with Gasteiger partial charge in [-0.1, -0.05) is 6.42 Å². The fourth-order valence-corrected chi connectivity index (χ4v) is 6.72. The maximum atomic E-state index is 12.8. The number of pyridine rings is 1. The molecule has 1 N–H and O–H groups in total. The quantitative estimate of drug-likeness (QED) is 0.726. The Kier molecular flexibility index (Phi) is 6.67. The van der Waals surface area contributed by atoms with Crippen LogP contribution >= 0.6 is 11.3 Å². The van der Waals surface area contributed by atoms with Gasteiger partial charge in [0.2, 0.25) is 5.91 Å². The van der Waals surface area contributed by atoms with Crippen LogP contribution in [0.4, 0.5) is 11.5 Å². The van der Waals surface area contributed by atoms with Crippen LogP contribution in [0.3, 0.4) is 0 Å². The van der Waals surface area contributed by atoms with Crippen LogP contribution in [0.2, 0.25) is 0 Å². The molecule has 8 nitrogen and oxygen atoms in total. The molecule has 2 aliphatic rings. The molecular formula is C20H26N4O4S2. The summed E-state index contributed by atoms with van der Waals surface area (Å²) in [4.78, 5) is 19.9. The molecule has 2 aliphatic heterocycles. The molecule has 10 heteroatoms. The molecule has 0 radical (unpaired) electrons. The Labute approximate surface area is 180 Å². The standard InChI is InChI=1S/C20H26N4O4S2/c25-18(22-17-5-4-8-21-20(17)23-11-13-28-14-12-23)15-16-6-7-19(29-16)30(26,27)24-9-2-1-3-10-24/h4-8H,1-3,9-15H2,(H,22,25). The molecule has 2 fully saturated rings. The lowest BCUT2D eigenvalue weighted by molar-refractivity contribution is -0.115. The summed E-state index contributed by atoms with van der Waals surface area (Å²) in [5.74, 6) is 0.537. The van der Waals surface area contributed by atoms with Crippen molar-refractivity contribution >= 4 is 38.8 Å². The number of carbonyl (C=O) groups excluding carboxylic acids is 1. The number of carbonyl (C=O) groups is 1. The molecule has 0 atom stereocenters. The van der Waals surface area contributed by atoms with E-state index in [2.05, 4.69) is 15.2 Å². The van der Waals surface area contributed by atoms with Crippen LogP contribution in [0.15, 0.2) is 34.7 Å². The number of rotatable bonds is 6. The molecule has 0 aliphatic carbocycles. The zero-order valence-corrected chi connectivity index (χ0v) is 18.4. The highest BCUT2D eigenvalue weighted by Crippen LogP contribution is 2.28. The average molecular weight is 451 g/mol. The van der Waals surface area contributed by atoms with E-state index in [1.54, 1.807) is 28.7 Å². The molecule has 0 aromatic carbocycles. The van der Waals surface area contributed by atoms with Gasteiger partial charge in [-0.3, -0.25) is 4.79 Å². The van der Waals surface area contributed by atoms with Gasteiger partial charge in [0.1, 0.15) is 4.21 Å². The molecular weight excluding hydrogens is 424 g/mol. The molecule has 2 aromatic rings. The first kappa shape index (κ1) is 21.2. The van der Waals surface area contributed by atoms with Crippen LogP contribution in [-0.4, -0.2) is 63.0 Å². The van der Waals surface area contributed by atoms with Gasteiger partial charge in [-0.15, -0.1) is 11.3 Å². The molecule has 1 amide bonds. The zero-order valence-electron chi connectivity index (χ0n) is 16.7. The van der Waals surface area contributed by atoms with Crippen LogP contribution in [-0.2, 0) is 26.0 Å². The number of amides is 1. The lowest BCUT2D eigenvalue weighted by Gasteiger charge is -2.29. The number of aromatic nitrogens is 1. The number of sulfonamides is 1. The van der Waals surface area contributed by atoms with Gasteiger partial charge in [0.25, 0.3) is 10.0 Å². The Morgan fingerprint density at radius 2 is 1.87 bits per heavy atom. The SMILES string of the molecule is O=C(Cc1ccc(S(=O)(=O)N2CCCCC2)s1)Nc1cccnc1N1CCOCC1. The molecule has 162 valence electrons. The topological polar surface area (TPSA) is 91.8 Å². The smallest absolute Gasteiger partial charge is 0.252 e. The third-order valence-corrected chi connectivity index (χ3v) is 8.70. The summed E-state index contributed by atoms with van der Waals surface area (Å²) in [5.41, 5.74) is 0.655. The number of nitrogens with one attached hydrogen (secondary N) is 1. The van der Waals surface area contributed by atoms with E-state index < -0.39 is 10.0 Å². The predicted molar refractivity (Wildman–Crippen MR) is 117 cm³/mol. The van der Waals surface area contributed by atoms with Crippen molar-refractivity contribution in [1.29, 1.82) is 0 Å². The summed E-state index contributed by atoms with van der Waals surface area (Å²) in [6.45, 7) is 3.86. The van der Waals surface area contributed by atoms with Gasteiger partial charge in [-0.2, -0.15) is 4.31 Å². The number of nitrogens with zero attached hydrogens (tertiary/aromatic N) is 3. The second-order valence-corrected chi connectivity index (χ2v) is 10.7. The molecule has 0 bridgehead atoms. The number of ether oxygens (including phenoxy) is 1. The Hall–Kier alpha value is -2.01. The van der Waals surface area contributed by atoms with E-state index in [1.165, 1.54) is 11.3 Å². The van der Waals surface area contributed by atoms with Crippen LogP contribution < -0.4 is 10.2 Å². The maximum Gasteiger partial charge on any atom is 0.252 e. The summed E-state index contributed by atoms with van der Waals surface area (Å²) in [6.07, 6.45) is 4.70. The number of morpholine rings is 1. The minimum absolute atomic E-state index is 0.123. The zero-order chi connectivity index (χ0) is 21.0. The van der Waals surface area contributed by atoms with Crippen LogP contribution in [0.5, 0.6) is 0 Å². The van der Waals surface area contributed by atoms with Gasteiger partial charge in [0.05, 0.1) is 25.3 Å². The van der Waals surface area contributed by atoms with Crippen molar-refractivity contribution < 1.29 is 17.9 Å². The molecule has 0 unspecified atom stereocenters. The lowest BCUT2D eigenvalue weighted by atomic mass is 10.2. The van der Waals surface area contributed by atoms with E-state index in [1.807, 2.05) is 6.07 Å². The average Bonchev–Trinajstić information content (AvgIpc) is 3.24. The third kappa shape index (κ3) is 4.83. The Morgan fingerprint density at radius 3 is 2.63 bits per heavy atom. The summed E-state index contributed by atoms with van der Waals surface area (Å²) in [7, 11) is -3.47. The number of hydrogen-bond donors (Lipinski definition) is 1. The lowest BCUT2D eigenvalue weighted by Crippen LogP contribution is -2.37. The third-order valence-electron chi connectivity index (χ3n) is 5.25. The highest BCUT2D eigenvalue weighted by molar-refractivity contribution is 7.91. The first-order chi connectivity index (χ1) is 14.5. The van der Waals surface area contributed by atoms with Crippen molar-refractivity contribution in [1.82, 2.24) is 9.29 Å². The van der Waals surface area contributed by atoms with Crippen molar-refractivity contribution in [2.24, 2.45) is 0 Å². The summed E-state index contributed by atoms with van der Waals surface area (Å²) >= 11 is 1.17. The Balaban J connectivity index is 1.42. The van der Waals surface area contributed by atoms with Gasteiger partial charge >= 0.3 is 0 Å². The van der Waals surface area contributed by atoms with E-state index in [0.29, 0.717) is 36.2 Å². The largest absolute Gasteiger partial charge is 0.378 e. The van der Waals surface area contributed by atoms with Crippen LogP contribution in [0.1, 0.15) is 24.1 Å². The summed E-state index contributed by atoms with van der Waals surface area (Å²) in [6, 6.07) is 6.96. The Bertz CT molecular complexity index is 980. The van der Waals surface area contributed by atoms with Gasteiger partial charge in [0, 0.05) is 37.3 Å². The fraction of sp³-hybridized carbons (Fsp3) is 0.500. The van der Waals surface area contributed by atoms with E-state index in [9.17, 15) is 13.2 Å². The summed E-state index contributed by atoms with van der Waals surface area (Å²) < 4.78 is 32.9. The van der Waals surface area contributed by atoms with Crippen molar-refractivity contribution in [3.63, 3.8) is 0 Å². The maximum absolute atomic E-state index is 12.8. The molecule has 2 saturated heterocycles. The number of hydrogen-bond acceptors (Lipinski definition) is 7. The first-order valence-electron chi connectivity index (χ1n) is 10.2. The minimum atomic E-state index is -3.47. The second kappa shape index (κ2) is 9.42. The van der Waals surface area contributed by atoms with Crippen molar-refractivity contribution in [2.45, 2.75) is 29.9 Å².